The van der Waals surface area contributed by atoms with E-state index in [-0.39, 0.29) is 11.4 Å². The van der Waals surface area contributed by atoms with Crippen LogP contribution in [0.5, 0.6) is 0 Å². The molecule has 0 unspecified atom stereocenters. The first kappa shape index (κ1) is 20.1. The molecule has 0 aliphatic rings. The zero-order valence-corrected chi connectivity index (χ0v) is 16.2. The highest BCUT2D eigenvalue weighted by Gasteiger charge is 2.12. The van der Waals surface area contributed by atoms with Crippen molar-refractivity contribution in [2.75, 3.05) is 0 Å². The highest BCUT2D eigenvalue weighted by atomic mass is 32.1. The molecule has 0 spiro atoms. The molecule has 1 amide bonds. The summed E-state index contributed by atoms with van der Waals surface area (Å²) in [7, 11) is 0. The average molecular weight is 412 g/mol. The van der Waals surface area contributed by atoms with Crippen LogP contribution in [0.25, 0.3) is 16.3 Å². The molecule has 1 aromatic heterocycles. The quantitative estimate of drug-likeness (QED) is 0.343. The van der Waals surface area contributed by atoms with Crippen molar-refractivity contribution in [2.45, 2.75) is 19.9 Å². The summed E-state index contributed by atoms with van der Waals surface area (Å²) in [6.45, 7) is 2.61. The number of fused-ring (bicyclic) bond motifs is 1. The Morgan fingerprint density at radius 2 is 1.76 bits per heavy atom. The van der Waals surface area contributed by atoms with Crippen LogP contribution in [0, 0.1) is 20.2 Å². The maximum absolute atomic E-state index is 12.3. The standard InChI is InChI=1S/C19H16N4O5S/c1-2-11-21-16-9-8-15(23(27)28)12-17(16)29-19(21)20-18(24)10-5-13-3-6-14(7-4-13)22(25)26/h3-10,12H,2,11H2,1H3/b10-5+,20-19?. The first-order valence-corrected chi connectivity index (χ1v) is 9.49. The first-order valence-electron chi connectivity index (χ1n) is 8.68. The van der Waals surface area contributed by atoms with Gasteiger partial charge in [0.05, 0.1) is 20.1 Å². The number of hydrogen-bond donors (Lipinski definition) is 0. The minimum Gasteiger partial charge on any atom is -0.316 e. The Hall–Kier alpha value is -3.66. The van der Waals surface area contributed by atoms with Crippen LogP contribution in [0.2, 0.25) is 0 Å². The molecular formula is C19H16N4O5S. The van der Waals surface area contributed by atoms with E-state index >= 15 is 0 Å². The van der Waals surface area contributed by atoms with E-state index in [0.29, 0.717) is 21.6 Å². The molecule has 1 heterocycles. The molecule has 0 saturated heterocycles. The zero-order valence-electron chi connectivity index (χ0n) is 15.3. The van der Waals surface area contributed by atoms with Crippen molar-refractivity contribution < 1.29 is 14.6 Å². The van der Waals surface area contributed by atoms with Crippen LogP contribution in [0.4, 0.5) is 11.4 Å². The second kappa shape index (κ2) is 8.57. The Morgan fingerprint density at radius 3 is 2.38 bits per heavy atom. The summed E-state index contributed by atoms with van der Waals surface area (Å²) in [6, 6.07) is 10.4. The molecule has 10 heteroatoms. The second-order valence-electron chi connectivity index (χ2n) is 6.08. The fraction of sp³-hybridized carbons (Fsp3) is 0.158. The maximum atomic E-state index is 12.3. The number of aryl methyl sites for hydroxylation is 1. The van der Waals surface area contributed by atoms with Crippen LogP contribution >= 0.6 is 11.3 Å². The molecule has 0 N–H and O–H groups in total. The molecule has 0 aliphatic carbocycles. The Bertz CT molecular complexity index is 1190. The van der Waals surface area contributed by atoms with Gasteiger partial charge in [0.1, 0.15) is 0 Å². The van der Waals surface area contributed by atoms with E-state index < -0.39 is 15.8 Å². The van der Waals surface area contributed by atoms with Crippen molar-refractivity contribution >= 4 is 44.9 Å². The van der Waals surface area contributed by atoms with Gasteiger partial charge in [0.25, 0.3) is 17.3 Å². The molecule has 0 atom stereocenters. The predicted octanol–water partition coefficient (Wildman–Crippen LogP) is 4.07. The molecule has 0 aliphatic heterocycles. The average Bonchev–Trinajstić information content (AvgIpc) is 3.03. The molecule has 29 heavy (non-hydrogen) atoms. The van der Waals surface area contributed by atoms with Gasteiger partial charge in [0, 0.05) is 36.9 Å². The molecule has 3 rings (SSSR count). The van der Waals surface area contributed by atoms with Gasteiger partial charge >= 0.3 is 0 Å². The number of carbonyl (C=O) groups is 1. The summed E-state index contributed by atoms with van der Waals surface area (Å²) in [5.41, 5.74) is 1.37. The van der Waals surface area contributed by atoms with Crippen molar-refractivity contribution in [1.29, 1.82) is 0 Å². The van der Waals surface area contributed by atoms with Crippen molar-refractivity contribution in [1.82, 2.24) is 4.57 Å². The SMILES string of the molecule is CCCn1c(=NC(=O)/C=C/c2ccc([N+](=O)[O-])cc2)sc2cc([N+](=O)[O-])ccc21. The fourth-order valence-corrected chi connectivity index (χ4v) is 3.80. The lowest BCUT2D eigenvalue weighted by Crippen LogP contribution is -2.16. The lowest BCUT2D eigenvalue weighted by molar-refractivity contribution is -0.385. The molecule has 3 aromatic rings. The summed E-state index contributed by atoms with van der Waals surface area (Å²) < 4.78 is 2.54. The molecule has 148 valence electrons. The lowest BCUT2D eigenvalue weighted by Gasteiger charge is -2.01. The van der Waals surface area contributed by atoms with E-state index in [2.05, 4.69) is 4.99 Å². The van der Waals surface area contributed by atoms with Gasteiger partial charge in [-0.05, 0) is 36.3 Å². The Kier molecular flexibility index (Phi) is 5.93. The zero-order chi connectivity index (χ0) is 21.0. The summed E-state index contributed by atoms with van der Waals surface area (Å²) in [6.07, 6.45) is 3.62. The van der Waals surface area contributed by atoms with E-state index in [1.807, 2.05) is 11.5 Å². The van der Waals surface area contributed by atoms with Crippen molar-refractivity contribution in [3.8, 4) is 0 Å². The summed E-state index contributed by atoms with van der Waals surface area (Å²) >= 11 is 1.21. The first-order chi connectivity index (χ1) is 13.9. The number of benzene rings is 2. The van der Waals surface area contributed by atoms with Crippen molar-refractivity contribution in [3.63, 3.8) is 0 Å². The van der Waals surface area contributed by atoms with Crippen LogP contribution in [0.3, 0.4) is 0 Å². The van der Waals surface area contributed by atoms with Gasteiger partial charge in [0.2, 0.25) is 0 Å². The van der Waals surface area contributed by atoms with Gasteiger partial charge in [-0.2, -0.15) is 4.99 Å². The van der Waals surface area contributed by atoms with Gasteiger partial charge in [-0.15, -0.1) is 0 Å². The number of nitrogens with zero attached hydrogens (tertiary/aromatic N) is 4. The number of aromatic nitrogens is 1. The second-order valence-corrected chi connectivity index (χ2v) is 7.09. The maximum Gasteiger partial charge on any atom is 0.272 e. The summed E-state index contributed by atoms with van der Waals surface area (Å²) in [4.78, 5) is 37.6. The third kappa shape index (κ3) is 4.61. The Morgan fingerprint density at radius 1 is 1.10 bits per heavy atom. The van der Waals surface area contributed by atoms with E-state index in [0.717, 1.165) is 11.9 Å². The normalized spacial score (nSPS) is 12.0. The van der Waals surface area contributed by atoms with E-state index in [1.165, 1.54) is 59.9 Å². The molecule has 0 bridgehead atoms. The van der Waals surface area contributed by atoms with Crippen LogP contribution in [0.15, 0.2) is 53.5 Å². The number of thiazole rings is 1. The molecule has 0 fully saturated rings. The van der Waals surface area contributed by atoms with Gasteiger partial charge in [0.15, 0.2) is 4.80 Å². The monoisotopic (exact) mass is 412 g/mol. The van der Waals surface area contributed by atoms with E-state index in [9.17, 15) is 25.0 Å². The number of non-ortho nitro benzene ring substituents is 2. The van der Waals surface area contributed by atoms with Crippen LogP contribution in [0.1, 0.15) is 18.9 Å². The fourth-order valence-electron chi connectivity index (χ4n) is 2.71. The summed E-state index contributed by atoms with van der Waals surface area (Å²) in [5, 5.41) is 21.7. The minimum atomic E-state index is -0.494. The van der Waals surface area contributed by atoms with Crippen LogP contribution in [-0.4, -0.2) is 20.3 Å². The minimum absolute atomic E-state index is 0.0154. The molecule has 9 nitrogen and oxygen atoms in total. The molecule has 2 aromatic carbocycles. The van der Waals surface area contributed by atoms with Gasteiger partial charge in [-0.25, -0.2) is 0 Å². The summed E-state index contributed by atoms with van der Waals surface area (Å²) in [5.74, 6) is -0.491. The third-order valence-electron chi connectivity index (χ3n) is 4.05. The van der Waals surface area contributed by atoms with E-state index in [4.69, 9.17) is 0 Å². The number of nitro benzene ring substituents is 2. The number of amides is 1. The predicted molar refractivity (Wildman–Crippen MR) is 109 cm³/mol. The molecule has 0 saturated carbocycles. The van der Waals surface area contributed by atoms with Crippen molar-refractivity contribution in [3.05, 3.63) is 79.1 Å². The number of hydrogen-bond acceptors (Lipinski definition) is 6. The van der Waals surface area contributed by atoms with Gasteiger partial charge < -0.3 is 4.57 Å². The number of nitro groups is 2. The number of rotatable bonds is 6. The topological polar surface area (TPSA) is 121 Å². The van der Waals surface area contributed by atoms with E-state index in [1.54, 1.807) is 6.07 Å². The molecular weight excluding hydrogens is 396 g/mol. The Labute approximate surface area is 168 Å². The van der Waals surface area contributed by atoms with Crippen LogP contribution < -0.4 is 4.80 Å². The lowest BCUT2D eigenvalue weighted by atomic mass is 10.2. The largest absolute Gasteiger partial charge is 0.316 e. The van der Waals surface area contributed by atoms with Crippen LogP contribution in [-0.2, 0) is 11.3 Å². The third-order valence-corrected chi connectivity index (χ3v) is 5.09. The van der Waals surface area contributed by atoms with Gasteiger partial charge in [-0.1, -0.05) is 18.3 Å². The molecule has 0 radical (unpaired) electrons. The van der Waals surface area contributed by atoms with Gasteiger partial charge in [-0.3, -0.25) is 25.0 Å². The smallest absolute Gasteiger partial charge is 0.272 e. The highest BCUT2D eigenvalue weighted by Crippen LogP contribution is 2.23. The van der Waals surface area contributed by atoms with Crippen molar-refractivity contribution in [2.24, 2.45) is 4.99 Å². The number of carbonyl (C=O) groups excluding carboxylic acids is 1. The Balaban J connectivity index is 1.93. The highest BCUT2D eigenvalue weighted by molar-refractivity contribution is 7.16.